The molecule has 0 aromatic heterocycles. The minimum atomic E-state index is -0.766. The lowest BCUT2D eigenvalue weighted by molar-refractivity contribution is -0.143. The number of hydrogen-bond acceptors (Lipinski definition) is 3. The molecule has 35 heavy (non-hydrogen) atoms. The molecule has 3 aromatic rings. The average Bonchev–Trinajstić information content (AvgIpc) is 2.82. The number of nitrogens with zero attached hydrogens (tertiary/aromatic N) is 1. The summed E-state index contributed by atoms with van der Waals surface area (Å²) in [6.45, 7) is 5.69. The van der Waals surface area contributed by atoms with E-state index in [0.29, 0.717) is 22.2 Å². The summed E-state index contributed by atoms with van der Waals surface area (Å²) in [4.78, 5) is 28.6. The predicted molar refractivity (Wildman–Crippen MR) is 141 cm³/mol. The normalized spacial score (nSPS) is 12.0. The molecule has 184 valence electrons. The molecule has 0 saturated heterocycles. The number of ether oxygens (including phenoxy) is 1. The van der Waals surface area contributed by atoms with Gasteiger partial charge in [0.2, 0.25) is 5.91 Å². The van der Waals surface area contributed by atoms with Gasteiger partial charge in [0, 0.05) is 18.5 Å². The first kappa shape index (κ1) is 26.6. The number of para-hydroxylation sites is 1. The number of nitrogens with one attached hydrogen (secondary N) is 1. The SMILES string of the molecule is CC(C)(C)NC(=O)[C@@H](Cc1ccccc1)N(Cc1ccc(Cl)c(Cl)c1)C(=O)COc1ccccc1. The zero-order valence-electron chi connectivity index (χ0n) is 20.1. The molecule has 0 spiro atoms. The first-order valence-corrected chi connectivity index (χ1v) is 12.1. The second kappa shape index (κ2) is 12.1. The van der Waals surface area contributed by atoms with Crippen LogP contribution in [0.25, 0.3) is 0 Å². The Morgan fingerprint density at radius 1 is 0.886 bits per heavy atom. The molecule has 0 heterocycles. The molecular formula is C28H30Cl2N2O3. The molecule has 0 aliphatic carbocycles. The second-order valence-electron chi connectivity index (χ2n) is 9.32. The third-order valence-corrected chi connectivity index (χ3v) is 5.95. The van der Waals surface area contributed by atoms with E-state index in [2.05, 4.69) is 5.32 Å². The smallest absolute Gasteiger partial charge is 0.261 e. The van der Waals surface area contributed by atoms with Crippen LogP contribution < -0.4 is 10.1 Å². The van der Waals surface area contributed by atoms with Gasteiger partial charge in [0.25, 0.3) is 5.91 Å². The van der Waals surface area contributed by atoms with Crippen LogP contribution in [0.1, 0.15) is 31.9 Å². The number of carbonyl (C=O) groups is 2. The van der Waals surface area contributed by atoms with Crippen LogP contribution in [-0.2, 0) is 22.6 Å². The average molecular weight is 513 g/mol. The Hall–Kier alpha value is -3.02. The van der Waals surface area contributed by atoms with Crippen molar-refractivity contribution in [3.8, 4) is 5.75 Å². The quantitative estimate of drug-likeness (QED) is 0.386. The van der Waals surface area contributed by atoms with Gasteiger partial charge < -0.3 is 15.0 Å². The van der Waals surface area contributed by atoms with Gasteiger partial charge in [0.15, 0.2) is 6.61 Å². The Balaban J connectivity index is 1.94. The molecule has 1 atom stereocenters. The highest BCUT2D eigenvalue weighted by Gasteiger charge is 2.32. The molecule has 0 unspecified atom stereocenters. The lowest BCUT2D eigenvalue weighted by Crippen LogP contribution is -2.55. The number of benzene rings is 3. The summed E-state index contributed by atoms with van der Waals surface area (Å²) in [7, 11) is 0. The molecule has 5 nitrogen and oxygen atoms in total. The number of carbonyl (C=O) groups excluding carboxylic acids is 2. The zero-order chi connectivity index (χ0) is 25.4. The second-order valence-corrected chi connectivity index (χ2v) is 10.1. The first-order chi connectivity index (χ1) is 16.6. The lowest BCUT2D eigenvalue weighted by Gasteiger charge is -2.33. The van der Waals surface area contributed by atoms with Crippen LogP contribution in [0.5, 0.6) is 5.75 Å². The molecule has 3 aromatic carbocycles. The van der Waals surface area contributed by atoms with E-state index in [1.807, 2.05) is 69.3 Å². The molecule has 0 aliphatic rings. The van der Waals surface area contributed by atoms with Crippen molar-refractivity contribution in [3.05, 3.63) is 100 Å². The van der Waals surface area contributed by atoms with Crippen LogP contribution in [0.4, 0.5) is 0 Å². The Labute approximate surface area is 217 Å². The number of halogens is 2. The topological polar surface area (TPSA) is 58.6 Å². The number of amides is 2. The third-order valence-electron chi connectivity index (χ3n) is 5.21. The minimum Gasteiger partial charge on any atom is -0.484 e. The highest BCUT2D eigenvalue weighted by atomic mass is 35.5. The largest absolute Gasteiger partial charge is 0.484 e. The van der Waals surface area contributed by atoms with Gasteiger partial charge in [-0.25, -0.2) is 0 Å². The third kappa shape index (κ3) is 8.30. The minimum absolute atomic E-state index is 0.170. The maximum atomic E-state index is 13.5. The van der Waals surface area contributed by atoms with E-state index in [4.69, 9.17) is 27.9 Å². The van der Waals surface area contributed by atoms with Gasteiger partial charge in [-0.3, -0.25) is 9.59 Å². The molecule has 0 radical (unpaired) electrons. The molecule has 1 N–H and O–H groups in total. The molecule has 0 saturated carbocycles. The van der Waals surface area contributed by atoms with E-state index in [1.54, 1.807) is 35.2 Å². The van der Waals surface area contributed by atoms with Crippen LogP contribution in [-0.4, -0.2) is 34.9 Å². The molecule has 0 bridgehead atoms. The van der Waals surface area contributed by atoms with E-state index in [0.717, 1.165) is 11.1 Å². The van der Waals surface area contributed by atoms with Crippen molar-refractivity contribution in [3.63, 3.8) is 0 Å². The van der Waals surface area contributed by atoms with Gasteiger partial charge in [-0.2, -0.15) is 0 Å². The van der Waals surface area contributed by atoms with E-state index in [-0.39, 0.29) is 25.0 Å². The van der Waals surface area contributed by atoms with Gasteiger partial charge in [-0.1, -0.05) is 77.8 Å². The van der Waals surface area contributed by atoms with E-state index in [9.17, 15) is 9.59 Å². The van der Waals surface area contributed by atoms with Crippen molar-refractivity contribution in [2.24, 2.45) is 0 Å². The van der Waals surface area contributed by atoms with E-state index in [1.165, 1.54) is 0 Å². The Morgan fingerprint density at radius 3 is 2.11 bits per heavy atom. The van der Waals surface area contributed by atoms with E-state index >= 15 is 0 Å². The fraction of sp³-hybridized carbons (Fsp3) is 0.286. The van der Waals surface area contributed by atoms with Gasteiger partial charge in [-0.05, 0) is 56.2 Å². The van der Waals surface area contributed by atoms with E-state index < -0.39 is 11.6 Å². The van der Waals surface area contributed by atoms with Crippen LogP contribution in [0.3, 0.4) is 0 Å². The van der Waals surface area contributed by atoms with Gasteiger partial charge >= 0.3 is 0 Å². The standard InChI is InChI=1S/C28H30Cl2N2O3/c1-28(2,3)31-27(34)25(17-20-10-6-4-7-11-20)32(18-21-14-15-23(29)24(30)16-21)26(33)19-35-22-12-8-5-9-13-22/h4-16,25H,17-19H2,1-3H3,(H,31,34)/t25-/m1/s1. The van der Waals surface area contributed by atoms with Crippen LogP contribution in [0, 0.1) is 0 Å². The van der Waals surface area contributed by atoms with Gasteiger partial charge in [0.05, 0.1) is 10.0 Å². The summed E-state index contributed by atoms with van der Waals surface area (Å²) in [5, 5.41) is 3.84. The lowest BCUT2D eigenvalue weighted by atomic mass is 10.0. The predicted octanol–water partition coefficient (Wildman–Crippen LogP) is 5.93. The molecular weight excluding hydrogens is 483 g/mol. The maximum absolute atomic E-state index is 13.5. The number of hydrogen-bond donors (Lipinski definition) is 1. The summed E-state index contributed by atoms with van der Waals surface area (Å²) >= 11 is 12.3. The summed E-state index contributed by atoms with van der Waals surface area (Å²) in [5.74, 6) is 0.0217. The summed E-state index contributed by atoms with van der Waals surface area (Å²) in [6.07, 6.45) is 0.348. The van der Waals surface area contributed by atoms with Crippen LogP contribution in [0.2, 0.25) is 10.0 Å². The summed E-state index contributed by atoms with van der Waals surface area (Å²) < 4.78 is 5.74. The molecule has 0 aliphatic heterocycles. The Morgan fingerprint density at radius 2 is 1.51 bits per heavy atom. The van der Waals surface area contributed by atoms with Crippen molar-refractivity contribution in [2.45, 2.75) is 45.3 Å². The summed E-state index contributed by atoms with van der Waals surface area (Å²) in [5.41, 5.74) is 1.23. The van der Waals surface area contributed by atoms with Crippen LogP contribution >= 0.6 is 23.2 Å². The maximum Gasteiger partial charge on any atom is 0.261 e. The molecule has 0 fully saturated rings. The van der Waals surface area contributed by atoms with Gasteiger partial charge in [-0.15, -0.1) is 0 Å². The highest BCUT2D eigenvalue weighted by Crippen LogP contribution is 2.24. The fourth-order valence-electron chi connectivity index (χ4n) is 3.59. The Kier molecular flexibility index (Phi) is 9.19. The van der Waals surface area contributed by atoms with Crippen molar-refractivity contribution in [1.29, 1.82) is 0 Å². The van der Waals surface area contributed by atoms with Crippen LogP contribution in [0.15, 0.2) is 78.9 Å². The van der Waals surface area contributed by atoms with Crippen molar-refractivity contribution < 1.29 is 14.3 Å². The number of rotatable bonds is 9. The highest BCUT2D eigenvalue weighted by molar-refractivity contribution is 6.42. The molecule has 3 rings (SSSR count). The summed E-state index contributed by atoms with van der Waals surface area (Å²) in [6, 6.07) is 23.2. The van der Waals surface area contributed by atoms with Gasteiger partial charge in [0.1, 0.15) is 11.8 Å². The zero-order valence-corrected chi connectivity index (χ0v) is 21.6. The van der Waals surface area contributed by atoms with Crippen molar-refractivity contribution in [1.82, 2.24) is 10.2 Å². The first-order valence-electron chi connectivity index (χ1n) is 11.4. The molecule has 7 heteroatoms. The fourth-order valence-corrected chi connectivity index (χ4v) is 3.91. The molecule has 2 amide bonds. The Bertz CT molecular complexity index is 1130. The van der Waals surface area contributed by atoms with Crippen molar-refractivity contribution in [2.75, 3.05) is 6.61 Å². The monoisotopic (exact) mass is 512 g/mol. The van der Waals surface area contributed by atoms with Crippen molar-refractivity contribution >= 4 is 35.0 Å².